The lowest BCUT2D eigenvalue weighted by Crippen LogP contribution is -2.42. The molecular formula is C13H19ClN4O. The van der Waals surface area contributed by atoms with Crippen LogP contribution in [-0.2, 0) is 4.79 Å². The number of nitrogens with one attached hydrogen (secondary N) is 1. The van der Waals surface area contributed by atoms with E-state index in [0.29, 0.717) is 5.02 Å². The van der Waals surface area contributed by atoms with Gasteiger partial charge in [-0.3, -0.25) is 4.79 Å². The fourth-order valence-electron chi connectivity index (χ4n) is 2.29. The Labute approximate surface area is 118 Å². The van der Waals surface area contributed by atoms with Crippen molar-refractivity contribution in [2.75, 3.05) is 18.0 Å². The molecule has 1 aliphatic rings. The van der Waals surface area contributed by atoms with Gasteiger partial charge in [-0.25, -0.2) is 9.97 Å². The molecule has 104 valence electrons. The molecule has 1 N–H and O–H groups in total. The van der Waals surface area contributed by atoms with Gasteiger partial charge in [-0.2, -0.15) is 0 Å². The molecule has 5 nitrogen and oxygen atoms in total. The van der Waals surface area contributed by atoms with E-state index in [0.717, 1.165) is 31.7 Å². The molecule has 0 saturated carbocycles. The number of aromatic nitrogens is 2. The van der Waals surface area contributed by atoms with Crippen LogP contribution in [0.1, 0.15) is 26.7 Å². The normalized spacial score (nSPS) is 16.7. The van der Waals surface area contributed by atoms with Gasteiger partial charge in [0.05, 0.1) is 6.20 Å². The van der Waals surface area contributed by atoms with Gasteiger partial charge in [0.25, 0.3) is 0 Å². The number of carbonyl (C=O) groups is 1. The van der Waals surface area contributed by atoms with Crippen LogP contribution < -0.4 is 10.2 Å². The fourth-order valence-corrected chi connectivity index (χ4v) is 2.52. The molecule has 2 heterocycles. The van der Waals surface area contributed by atoms with Crippen molar-refractivity contribution in [2.45, 2.75) is 32.7 Å². The van der Waals surface area contributed by atoms with E-state index in [4.69, 9.17) is 11.6 Å². The Bertz CT molecular complexity index is 444. The Hall–Kier alpha value is -1.36. The Morgan fingerprint density at radius 3 is 2.74 bits per heavy atom. The van der Waals surface area contributed by atoms with E-state index in [1.54, 1.807) is 6.20 Å². The third-order valence-corrected chi connectivity index (χ3v) is 3.51. The number of hydrogen-bond acceptors (Lipinski definition) is 4. The first kappa shape index (κ1) is 14.1. The minimum absolute atomic E-state index is 0.0965. The van der Waals surface area contributed by atoms with Gasteiger partial charge >= 0.3 is 0 Å². The molecule has 0 spiro atoms. The molecule has 0 bridgehead atoms. The van der Waals surface area contributed by atoms with E-state index in [1.165, 1.54) is 6.33 Å². The number of piperidine rings is 1. The van der Waals surface area contributed by atoms with E-state index in [2.05, 4.69) is 20.2 Å². The topological polar surface area (TPSA) is 58.1 Å². The molecule has 0 unspecified atom stereocenters. The lowest BCUT2D eigenvalue weighted by Gasteiger charge is -2.32. The first-order valence-corrected chi connectivity index (χ1v) is 6.96. The van der Waals surface area contributed by atoms with E-state index in [9.17, 15) is 4.79 Å². The first-order valence-electron chi connectivity index (χ1n) is 6.58. The van der Waals surface area contributed by atoms with Crippen LogP contribution in [0.15, 0.2) is 12.5 Å². The van der Waals surface area contributed by atoms with Crippen LogP contribution in [0.5, 0.6) is 0 Å². The predicted molar refractivity (Wildman–Crippen MR) is 75.3 cm³/mol. The maximum Gasteiger partial charge on any atom is 0.223 e. The van der Waals surface area contributed by atoms with Crippen LogP contribution in [-0.4, -0.2) is 35.0 Å². The molecule has 0 radical (unpaired) electrons. The summed E-state index contributed by atoms with van der Waals surface area (Å²) in [6, 6.07) is 0.196. The lowest BCUT2D eigenvalue weighted by molar-refractivity contribution is -0.126. The summed E-state index contributed by atoms with van der Waals surface area (Å²) in [5.74, 6) is 1.02. The number of anilines is 1. The Kier molecular flexibility index (Phi) is 4.58. The standard InChI is InChI=1S/C13H19ClN4O/c1-9(2)17-13(19)10-3-5-18(6-4-10)12-11(14)7-15-8-16-12/h7-10H,3-6H2,1-2H3,(H,17,19). The fraction of sp³-hybridized carbons (Fsp3) is 0.615. The summed E-state index contributed by atoms with van der Waals surface area (Å²) in [5.41, 5.74) is 0. The highest BCUT2D eigenvalue weighted by Gasteiger charge is 2.26. The van der Waals surface area contributed by atoms with Crippen LogP contribution in [0.4, 0.5) is 5.82 Å². The van der Waals surface area contributed by atoms with Crippen molar-refractivity contribution in [3.63, 3.8) is 0 Å². The number of nitrogens with zero attached hydrogens (tertiary/aromatic N) is 3. The molecule has 1 saturated heterocycles. The van der Waals surface area contributed by atoms with Crippen LogP contribution in [0, 0.1) is 5.92 Å². The van der Waals surface area contributed by atoms with Crippen molar-refractivity contribution in [3.8, 4) is 0 Å². The number of rotatable bonds is 3. The summed E-state index contributed by atoms with van der Waals surface area (Å²) in [4.78, 5) is 22.1. The average Bonchev–Trinajstić information content (AvgIpc) is 2.39. The van der Waals surface area contributed by atoms with Crippen molar-refractivity contribution in [1.82, 2.24) is 15.3 Å². The smallest absolute Gasteiger partial charge is 0.223 e. The molecule has 1 aliphatic heterocycles. The highest BCUT2D eigenvalue weighted by molar-refractivity contribution is 6.32. The average molecular weight is 283 g/mol. The third kappa shape index (κ3) is 3.56. The SMILES string of the molecule is CC(C)NC(=O)C1CCN(c2ncncc2Cl)CC1. The summed E-state index contributed by atoms with van der Waals surface area (Å²) < 4.78 is 0. The third-order valence-electron chi connectivity index (χ3n) is 3.24. The van der Waals surface area contributed by atoms with E-state index in [1.807, 2.05) is 13.8 Å². The zero-order valence-electron chi connectivity index (χ0n) is 11.3. The Morgan fingerprint density at radius 2 is 2.16 bits per heavy atom. The maximum atomic E-state index is 11.9. The van der Waals surface area contributed by atoms with Gasteiger partial charge in [-0.15, -0.1) is 0 Å². The Balaban J connectivity index is 1.93. The van der Waals surface area contributed by atoms with Crippen molar-refractivity contribution >= 4 is 23.3 Å². The van der Waals surface area contributed by atoms with Crippen molar-refractivity contribution in [1.29, 1.82) is 0 Å². The van der Waals surface area contributed by atoms with Crippen LogP contribution in [0.3, 0.4) is 0 Å². The van der Waals surface area contributed by atoms with Crippen molar-refractivity contribution in [2.24, 2.45) is 5.92 Å². The summed E-state index contributed by atoms with van der Waals surface area (Å²) >= 11 is 6.08. The second-order valence-electron chi connectivity index (χ2n) is 5.12. The summed E-state index contributed by atoms with van der Waals surface area (Å²) in [5, 5.41) is 3.53. The van der Waals surface area contributed by atoms with Gasteiger partial charge in [-0.1, -0.05) is 11.6 Å². The van der Waals surface area contributed by atoms with Gasteiger partial charge in [0.15, 0.2) is 5.82 Å². The van der Waals surface area contributed by atoms with Crippen molar-refractivity contribution < 1.29 is 4.79 Å². The van der Waals surface area contributed by atoms with Gasteiger partial charge in [0.1, 0.15) is 11.3 Å². The van der Waals surface area contributed by atoms with Gasteiger partial charge in [0, 0.05) is 25.0 Å². The van der Waals surface area contributed by atoms with Crippen LogP contribution in [0.25, 0.3) is 0 Å². The molecule has 1 amide bonds. The molecule has 1 aromatic rings. The molecular weight excluding hydrogens is 264 g/mol. The molecule has 0 atom stereocenters. The molecule has 1 fully saturated rings. The first-order chi connectivity index (χ1) is 9.08. The quantitative estimate of drug-likeness (QED) is 0.919. The zero-order chi connectivity index (χ0) is 13.8. The predicted octanol–water partition coefficient (Wildman–Crippen LogP) is 1.87. The van der Waals surface area contributed by atoms with Crippen LogP contribution in [0.2, 0.25) is 5.02 Å². The second kappa shape index (κ2) is 6.19. The minimum Gasteiger partial charge on any atom is -0.355 e. The van der Waals surface area contributed by atoms with Crippen LogP contribution >= 0.6 is 11.6 Å². The van der Waals surface area contributed by atoms with Gasteiger partial charge in [-0.05, 0) is 26.7 Å². The van der Waals surface area contributed by atoms with Crippen molar-refractivity contribution in [3.05, 3.63) is 17.5 Å². The molecule has 0 aliphatic carbocycles. The summed E-state index contributed by atoms with van der Waals surface area (Å²) in [7, 11) is 0. The number of amides is 1. The van der Waals surface area contributed by atoms with Gasteiger partial charge in [0.2, 0.25) is 5.91 Å². The highest BCUT2D eigenvalue weighted by atomic mass is 35.5. The maximum absolute atomic E-state index is 11.9. The Morgan fingerprint density at radius 1 is 1.47 bits per heavy atom. The number of hydrogen-bond donors (Lipinski definition) is 1. The molecule has 2 rings (SSSR count). The van der Waals surface area contributed by atoms with E-state index >= 15 is 0 Å². The molecule has 19 heavy (non-hydrogen) atoms. The lowest BCUT2D eigenvalue weighted by atomic mass is 9.95. The highest BCUT2D eigenvalue weighted by Crippen LogP contribution is 2.26. The largest absolute Gasteiger partial charge is 0.355 e. The van der Waals surface area contributed by atoms with E-state index < -0.39 is 0 Å². The number of carbonyl (C=O) groups excluding carboxylic acids is 1. The molecule has 1 aromatic heterocycles. The number of halogens is 1. The molecule has 6 heteroatoms. The summed E-state index contributed by atoms with van der Waals surface area (Å²) in [6.45, 7) is 5.56. The minimum atomic E-state index is 0.0965. The summed E-state index contributed by atoms with van der Waals surface area (Å²) in [6.07, 6.45) is 4.76. The van der Waals surface area contributed by atoms with Gasteiger partial charge < -0.3 is 10.2 Å². The van der Waals surface area contributed by atoms with E-state index in [-0.39, 0.29) is 17.9 Å². The monoisotopic (exact) mass is 282 g/mol. The molecule has 0 aromatic carbocycles. The second-order valence-corrected chi connectivity index (χ2v) is 5.53. The zero-order valence-corrected chi connectivity index (χ0v) is 12.0.